The fourth-order valence-corrected chi connectivity index (χ4v) is 7.21. The van der Waals surface area contributed by atoms with Crippen LogP contribution in [0.4, 0.5) is 4.39 Å². The van der Waals surface area contributed by atoms with Gasteiger partial charge in [0, 0.05) is 36.9 Å². The van der Waals surface area contributed by atoms with E-state index < -0.39 is 70.5 Å². The molecule has 3 heterocycles. The molecule has 11 nitrogen and oxygen atoms in total. The molecule has 4 fully saturated rings. The highest BCUT2D eigenvalue weighted by Gasteiger charge is 2.74. The zero-order chi connectivity index (χ0) is 31.1. The van der Waals surface area contributed by atoms with Crippen LogP contribution in [0.15, 0.2) is 18.2 Å². The Morgan fingerprint density at radius 3 is 2.63 bits per heavy atom. The molecule has 5 rings (SSSR count). The first-order chi connectivity index (χ1) is 20.4. The molecule has 0 aromatic heterocycles. The van der Waals surface area contributed by atoms with Crippen molar-refractivity contribution in [2.75, 3.05) is 32.8 Å². The summed E-state index contributed by atoms with van der Waals surface area (Å²) in [6.07, 6.45) is 1.64. The second-order valence-corrected chi connectivity index (χ2v) is 13.3. The van der Waals surface area contributed by atoms with Crippen molar-refractivity contribution in [3.63, 3.8) is 0 Å². The number of piperidine rings is 1. The number of hydrogen-bond donors (Lipinski definition) is 3. The Morgan fingerprint density at radius 1 is 1.28 bits per heavy atom. The van der Waals surface area contributed by atoms with Crippen molar-refractivity contribution >= 4 is 58.4 Å². The van der Waals surface area contributed by atoms with E-state index >= 15 is 0 Å². The Bertz CT molecular complexity index is 1340. The van der Waals surface area contributed by atoms with Gasteiger partial charge in [0.15, 0.2) is 6.61 Å². The summed E-state index contributed by atoms with van der Waals surface area (Å²) in [6, 6.07) is 2.07. The standard InChI is InChI=1S/C28H32Cl3FN6O5/c1-14(37-7-2-8-37)23(36-21(39)13-43-20-4-3-16(32)10-19(20)29)27(42)38-12-18-22(28(18,30)31)24(38)26(41)35-17(11-33)9-15-5-6-34-25(15)40/h3-4,10,14-15,17-18,22-24H,2,5-9,12-13H2,1H3,(H,34,40)(H,35,41)(H,36,39)/t14?,15-,17-,18-,22-,23-,24-/m0/s1. The minimum absolute atomic E-state index is 0.00520. The summed E-state index contributed by atoms with van der Waals surface area (Å²) in [4.78, 5) is 56.2. The van der Waals surface area contributed by atoms with Crippen LogP contribution in [0.2, 0.25) is 5.02 Å². The van der Waals surface area contributed by atoms with Crippen molar-refractivity contribution in [1.82, 2.24) is 25.8 Å². The minimum Gasteiger partial charge on any atom is -0.482 e. The molecule has 7 atom stereocenters. The first-order valence-corrected chi connectivity index (χ1v) is 15.3. The molecule has 0 radical (unpaired) electrons. The molecular weight excluding hydrogens is 626 g/mol. The van der Waals surface area contributed by atoms with Gasteiger partial charge in [-0.2, -0.15) is 5.26 Å². The molecule has 232 valence electrons. The van der Waals surface area contributed by atoms with Gasteiger partial charge >= 0.3 is 0 Å². The van der Waals surface area contributed by atoms with E-state index in [4.69, 9.17) is 39.5 Å². The molecule has 1 aromatic carbocycles. The average molecular weight is 658 g/mol. The Balaban J connectivity index is 1.30. The van der Waals surface area contributed by atoms with Crippen LogP contribution in [0.1, 0.15) is 26.2 Å². The van der Waals surface area contributed by atoms with E-state index in [9.17, 15) is 28.8 Å². The lowest BCUT2D eigenvalue weighted by Gasteiger charge is -2.42. The number of carbonyl (C=O) groups is 4. The summed E-state index contributed by atoms with van der Waals surface area (Å²) in [7, 11) is 0. The summed E-state index contributed by atoms with van der Waals surface area (Å²) in [6.45, 7) is 3.41. The number of benzene rings is 1. The third kappa shape index (κ3) is 6.50. The van der Waals surface area contributed by atoms with Crippen LogP contribution in [0, 0.1) is 34.9 Å². The minimum atomic E-state index is -1.21. The second kappa shape index (κ2) is 12.6. The van der Waals surface area contributed by atoms with E-state index in [-0.39, 0.29) is 35.6 Å². The number of alkyl halides is 2. The molecule has 3 saturated heterocycles. The van der Waals surface area contributed by atoms with Crippen molar-refractivity contribution in [2.45, 2.75) is 54.7 Å². The molecule has 4 amide bonds. The highest BCUT2D eigenvalue weighted by molar-refractivity contribution is 6.51. The predicted octanol–water partition coefficient (Wildman–Crippen LogP) is 1.60. The second-order valence-electron chi connectivity index (χ2n) is 11.5. The molecule has 0 spiro atoms. The zero-order valence-corrected chi connectivity index (χ0v) is 25.6. The molecule has 0 bridgehead atoms. The average Bonchev–Trinajstić information content (AvgIpc) is 3.26. The van der Waals surface area contributed by atoms with Crippen LogP contribution in [-0.2, 0) is 19.2 Å². The summed E-state index contributed by atoms with van der Waals surface area (Å²) < 4.78 is 17.6. The number of carbonyl (C=O) groups excluding carboxylic acids is 4. The summed E-state index contributed by atoms with van der Waals surface area (Å²) in [5.41, 5.74) is 0. The summed E-state index contributed by atoms with van der Waals surface area (Å²) in [5.74, 6) is -3.64. The molecule has 3 N–H and O–H groups in total. The topological polar surface area (TPSA) is 144 Å². The first-order valence-electron chi connectivity index (χ1n) is 14.2. The van der Waals surface area contributed by atoms with E-state index in [1.165, 1.54) is 11.0 Å². The van der Waals surface area contributed by atoms with E-state index in [0.29, 0.717) is 13.0 Å². The van der Waals surface area contributed by atoms with E-state index in [0.717, 1.165) is 31.6 Å². The number of likely N-dealkylation sites (tertiary alicyclic amines) is 2. The van der Waals surface area contributed by atoms with Gasteiger partial charge in [0.2, 0.25) is 17.7 Å². The number of fused-ring (bicyclic) bond motifs is 1. The Labute approximate surface area is 263 Å². The third-order valence-electron chi connectivity index (χ3n) is 8.82. The van der Waals surface area contributed by atoms with Gasteiger partial charge in [-0.15, -0.1) is 23.2 Å². The summed E-state index contributed by atoms with van der Waals surface area (Å²) >= 11 is 18.9. The first kappa shape index (κ1) is 31.6. The van der Waals surface area contributed by atoms with Crippen LogP contribution in [0.25, 0.3) is 0 Å². The van der Waals surface area contributed by atoms with Crippen molar-refractivity contribution in [3.05, 3.63) is 29.0 Å². The molecule has 3 aliphatic heterocycles. The monoisotopic (exact) mass is 656 g/mol. The van der Waals surface area contributed by atoms with Crippen molar-refractivity contribution in [2.24, 2.45) is 17.8 Å². The van der Waals surface area contributed by atoms with Gasteiger partial charge in [-0.05, 0) is 57.5 Å². The highest BCUT2D eigenvalue weighted by atomic mass is 35.5. The number of nitrogens with zero attached hydrogens (tertiary/aromatic N) is 3. The number of nitriles is 1. The third-order valence-corrected chi connectivity index (χ3v) is 10.2. The van der Waals surface area contributed by atoms with Crippen LogP contribution < -0.4 is 20.7 Å². The van der Waals surface area contributed by atoms with Crippen LogP contribution in [0.3, 0.4) is 0 Å². The van der Waals surface area contributed by atoms with E-state index in [2.05, 4.69) is 16.0 Å². The number of nitrogens with one attached hydrogen (secondary N) is 3. The molecule has 43 heavy (non-hydrogen) atoms. The van der Waals surface area contributed by atoms with Crippen molar-refractivity contribution < 1.29 is 28.3 Å². The van der Waals surface area contributed by atoms with Gasteiger partial charge < -0.3 is 25.6 Å². The fraction of sp³-hybridized carbons (Fsp3) is 0.607. The Morgan fingerprint density at radius 2 is 2.02 bits per heavy atom. The van der Waals surface area contributed by atoms with Gasteiger partial charge in [-0.3, -0.25) is 24.1 Å². The van der Waals surface area contributed by atoms with Gasteiger partial charge in [-0.1, -0.05) is 11.6 Å². The Hall–Kier alpha value is -2.85. The van der Waals surface area contributed by atoms with Crippen molar-refractivity contribution in [3.8, 4) is 11.8 Å². The lowest BCUT2D eigenvalue weighted by molar-refractivity contribution is -0.144. The maximum Gasteiger partial charge on any atom is 0.258 e. The zero-order valence-electron chi connectivity index (χ0n) is 23.3. The fourth-order valence-electron chi connectivity index (χ4n) is 6.17. The lowest BCUT2D eigenvalue weighted by atomic mass is 9.98. The molecule has 1 aromatic rings. The van der Waals surface area contributed by atoms with Gasteiger partial charge in [0.25, 0.3) is 5.91 Å². The largest absolute Gasteiger partial charge is 0.482 e. The molecular formula is C28H32Cl3FN6O5. The molecule has 15 heteroatoms. The van der Waals surface area contributed by atoms with E-state index in [1.54, 1.807) is 0 Å². The lowest BCUT2D eigenvalue weighted by Crippen LogP contribution is -2.63. The normalized spacial score (nSPS) is 27.5. The predicted molar refractivity (Wildman–Crippen MR) is 155 cm³/mol. The number of rotatable bonds is 11. The number of halogens is 4. The SMILES string of the molecule is CC([C@H](NC(=O)COc1ccc(F)cc1Cl)C(=O)N1C[C@H]2[C@@H]([C@H]1C(=O)N[C@H](C#N)C[C@@H]1CCNC1=O)C2(Cl)Cl)N1CCC1. The quantitative estimate of drug-likeness (QED) is 0.307. The van der Waals surface area contributed by atoms with Crippen molar-refractivity contribution in [1.29, 1.82) is 5.26 Å². The molecule has 1 unspecified atom stereocenters. The smallest absolute Gasteiger partial charge is 0.258 e. The highest BCUT2D eigenvalue weighted by Crippen LogP contribution is 2.65. The van der Waals surface area contributed by atoms with Crippen LogP contribution in [0.5, 0.6) is 5.75 Å². The molecule has 4 aliphatic rings. The number of hydrogen-bond acceptors (Lipinski definition) is 7. The van der Waals surface area contributed by atoms with Gasteiger partial charge in [0.05, 0.1) is 11.1 Å². The molecule has 1 saturated carbocycles. The number of amides is 4. The van der Waals surface area contributed by atoms with Crippen LogP contribution >= 0.6 is 34.8 Å². The van der Waals surface area contributed by atoms with E-state index in [1.807, 2.05) is 17.9 Å². The van der Waals surface area contributed by atoms with Gasteiger partial charge in [-0.25, -0.2) is 4.39 Å². The Kier molecular flexibility index (Phi) is 9.28. The maximum atomic E-state index is 14.1. The van der Waals surface area contributed by atoms with Crippen LogP contribution in [-0.4, -0.2) is 94.7 Å². The number of ether oxygens (including phenoxy) is 1. The molecule has 1 aliphatic carbocycles. The van der Waals surface area contributed by atoms with Gasteiger partial charge in [0.1, 0.15) is 34.0 Å². The summed E-state index contributed by atoms with van der Waals surface area (Å²) in [5, 5.41) is 17.9. The maximum absolute atomic E-state index is 14.1.